The molecule has 0 unspecified atom stereocenters. The van der Waals surface area contributed by atoms with Crippen LogP contribution in [0.3, 0.4) is 0 Å². The van der Waals surface area contributed by atoms with Crippen molar-refractivity contribution in [2.24, 2.45) is 0 Å². The first-order valence-corrected chi connectivity index (χ1v) is 3.91. The maximum atomic E-state index is 5.14. The summed E-state index contributed by atoms with van der Waals surface area (Å²) in [7, 11) is 1.70. The maximum absolute atomic E-state index is 5.14. The fourth-order valence-corrected chi connectivity index (χ4v) is 1.16. The second kappa shape index (κ2) is 3.85. The molecule has 0 heterocycles. The van der Waals surface area contributed by atoms with E-state index in [1.54, 1.807) is 7.11 Å². The van der Waals surface area contributed by atoms with E-state index < -0.39 is 0 Å². The first-order chi connectivity index (χ1) is 5.27. The van der Waals surface area contributed by atoms with Crippen molar-refractivity contribution in [3.05, 3.63) is 29.3 Å². The van der Waals surface area contributed by atoms with Gasteiger partial charge in [-0.05, 0) is 0 Å². The van der Waals surface area contributed by atoms with E-state index in [1.807, 2.05) is 6.07 Å². The van der Waals surface area contributed by atoms with Crippen molar-refractivity contribution in [2.75, 3.05) is 7.11 Å². The molecule has 1 nitrogen and oxygen atoms in total. The Morgan fingerprint density at radius 2 is 2.18 bits per heavy atom. The van der Waals surface area contributed by atoms with Crippen LogP contribution in [0.1, 0.15) is 11.1 Å². The van der Waals surface area contributed by atoms with Gasteiger partial charge in [-0.15, -0.1) is 0 Å². The molecule has 0 spiro atoms. The Morgan fingerprint density at radius 3 is 2.64 bits per heavy atom. The van der Waals surface area contributed by atoms with Crippen molar-refractivity contribution >= 4 is 17.7 Å². The minimum atomic E-state index is 0.974. The summed E-state index contributed by atoms with van der Waals surface area (Å²) >= 11 is 2.15. The van der Waals surface area contributed by atoms with Crippen molar-refractivity contribution in [1.82, 2.24) is 0 Å². The van der Waals surface area contributed by atoms with Gasteiger partial charge in [0.1, 0.15) is 0 Å². The zero-order valence-electron chi connectivity index (χ0n) is 7.35. The summed E-state index contributed by atoms with van der Waals surface area (Å²) in [6.07, 6.45) is 0. The van der Waals surface area contributed by atoms with Crippen LogP contribution in [0.25, 0.3) is 0 Å². The van der Waals surface area contributed by atoms with Crippen LogP contribution in [0.2, 0.25) is 0 Å². The molecule has 0 aliphatic rings. The molecule has 1 aromatic carbocycles. The van der Waals surface area contributed by atoms with Gasteiger partial charge in [-0.25, -0.2) is 0 Å². The van der Waals surface area contributed by atoms with Crippen LogP contribution >= 0.6 is 0 Å². The zero-order valence-corrected chi connectivity index (χ0v) is 7.35. The fourth-order valence-electron chi connectivity index (χ4n) is 1.16. The van der Waals surface area contributed by atoms with Gasteiger partial charge in [-0.3, -0.25) is 0 Å². The molecule has 2 heteroatoms. The molecule has 54 valence electrons. The number of methoxy groups -OCH3 is 1. The summed E-state index contributed by atoms with van der Waals surface area (Å²) in [6, 6.07) is 6.29. The molecule has 0 saturated heterocycles. The van der Waals surface area contributed by atoms with Crippen LogP contribution in [0.4, 0.5) is 0 Å². The predicted octanol–water partition coefficient (Wildman–Crippen LogP) is 1.67. The normalized spacial score (nSPS) is 9.82. The molecule has 1 aromatic rings. The predicted molar refractivity (Wildman–Crippen MR) is 47.2 cm³/mol. The summed E-state index contributed by atoms with van der Waals surface area (Å²) in [6.45, 7) is 2.07. The number of benzene rings is 1. The quantitative estimate of drug-likeness (QED) is 0.571. The Labute approximate surface area is 77.0 Å². The monoisotopic (exact) mass is 142 g/mol. The van der Waals surface area contributed by atoms with E-state index in [0.29, 0.717) is 0 Å². The molecule has 0 atom stereocenters. The SMILES string of the molecule is [Li][CH2]c1ccc(OC)c(C)c1. The van der Waals surface area contributed by atoms with Gasteiger partial charge in [-0.2, -0.15) is 0 Å². The Hall–Kier alpha value is -0.383. The van der Waals surface area contributed by atoms with Crippen molar-refractivity contribution < 1.29 is 4.74 Å². The first-order valence-electron chi connectivity index (χ1n) is 3.91. The van der Waals surface area contributed by atoms with Gasteiger partial charge < -0.3 is 0 Å². The molecule has 0 aliphatic heterocycles. The summed E-state index contributed by atoms with van der Waals surface area (Å²) < 4.78 is 5.14. The molecule has 11 heavy (non-hydrogen) atoms. The topological polar surface area (TPSA) is 9.23 Å². The van der Waals surface area contributed by atoms with E-state index in [0.717, 1.165) is 10.8 Å². The van der Waals surface area contributed by atoms with Gasteiger partial charge in [-0.1, -0.05) is 0 Å². The fraction of sp³-hybridized carbons (Fsp3) is 0.333. The third-order valence-corrected chi connectivity index (χ3v) is 1.87. The second-order valence-corrected chi connectivity index (χ2v) is 2.66. The summed E-state index contributed by atoms with van der Waals surface area (Å²) in [5, 5.41) is 1.09. The molecular formula is C9H11LiO. The Bertz CT molecular complexity index is 245. The molecule has 0 aliphatic carbocycles. The van der Waals surface area contributed by atoms with Gasteiger partial charge in [0.05, 0.1) is 0 Å². The van der Waals surface area contributed by atoms with Crippen molar-refractivity contribution in [2.45, 2.75) is 12.0 Å². The van der Waals surface area contributed by atoms with Crippen LogP contribution in [0, 0.1) is 6.92 Å². The van der Waals surface area contributed by atoms with Gasteiger partial charge in [0.25, 0.3) is 0 Å². The van der Waals surface area contributed by atoms with Crippen LogP contribution < -0.4 is 4.74 Å². The van der Waals surface area contributed by atoms with E-state index in [1.165, 1.54) is 11.1 Å². The minimum absolute atomic E-state index is 0.974. The summed E-state index contributed by atoms with van der Waals surface area (Å²) in [5.41, 5.74) is 2.58. The van der Waals surface area contributed by atoms with Crippen LogP contribution in [0.5, 0.6) is 5.75 Å². The van der Waals surface area contributed by atoms with Crippen LogP contribution in [-0.2, 0) is 5.09 Å². The van der Waals surface area contributed by atoms with Gasteiger partial charge in [0.2, 0.25) is 0 Å². The Morgan fingerprint density at radius 1 is 1.45 bits per heavy atom. The van der Waals surface area contributed by atoms with Crippen molar-refractivity contribution in [1.29, 1.82) is 0 Å². The number of hydrogen-bond donors (Lipinski definition) is 0. The van der Waals surface area contributed by atoms with E-state index in [-0.39, 0.29) is 0 Å². The molecular weight excluding hydrogens is 131 g/mol. The van der Waals surface area contributed by atoms with E-state index in [2.05, 4.69) is 36.8 Å². The average Bonchev–Trinajstić information content (AvgIpc) is 2.04. The molecule has 0 N–H and O–H groups in total. The molecule has 0 saturated carbocycles. The summed E-state index contributed by atoms with van der Waals surface area (Å²) in [5.74, 6) is 0.974. The Balaban J connectivity index is 2.99. The number of rotatable bonds is 2. The van der Waals surface area contributed by atoms with Crippen LogP contribution in [-0.4, -0.2) is 24.8 Å². The number of hydrogen-bond acceptors (Lipinski definition) is 1. The molecule has 1 rings (SSSR count). The van der Waals surface area contributed by atoms with Gasteiger partial charge in [0.15, 0.2) is 0 Å². The molecule has 0 radical (unpaired) electrons. The molecule has 0 fully saturated rings. The standard InChI is InChI=1S/C9H11O.Li/c1-7-4-5-9(10-3)8(2)6-7;/h4-6H,1H2,2-3H3;. The van der Waals surface area contributed by atoms with Crippen molar-refractivity contribution in [3.8, 4) is 5.75 Å². The molecule has 0 bridgehead atoms. The molecule has 0 amide bonds. The average molecular weight is 142 g/mol. The van der Waals surface area contributed by atoms with Gasteiger partial charge >= 0.3 is 76.7 Å². The van der Waals surface area contributed by atoms with Gasteiger partial charge in [0, 0.05) is 0 Å². The second-order valence-electron chi connectivity index (χ2n) is 2.66. The summed E-state index contributed by atoms with van der Waals surface area (Å²) in [4.78, 5) is 0. The zero-order chi connectivity index (χ0) is 8.27. The van der Waals surface area contributed by atoms with E-state index in [9.17, 15) is 0 Å². The third kappa shape index (κ3) is 2.02. The number of ether oxygens (including phenoxy) is 1. The van der Waals surface area contributed by atoms with Crippen LogP contribution in [0.15, 0.2) is 18.2 Å². The molecule has 0 aromatic heterocycles. The Kier molecular flexibility index (Phi) is 3.05. The van der Waals surface area contributed by atoms with E-state index >= 15 is 0 Å². The first kappa shape index (κ1) is 8.71. The number of aryl methyl sites for hydroxylation is 1. The van der Waals surface area contributed by atoms with E-state index in [4.69, 9.17) is 4.74 Å². The third-order valence-electron chi connectivity index (χ3n) is 1.87. The van der Waals surface area contributed by atoms with Crippen molar-refractivity contribution in [3.63, 3.8) is 0 Å².